The molecule has 1 nitrogen and oxygen atoms in total. The van der Waals surface area contributed by atoms with E-state index in [0.29, 0.717) is 0 Å². The molecule has 128 valence electrons. The van der Waals surface area contributed by atoms with Gasteiger partial charge in [-0.2, -0.15) is 0 Å². The quantitative estimate of drug-likeness (QED) is 0.589. The molecule has 0 amide bonds. The van der Waals surface area contributed by atoms with Crippen molar-refractivity contribution in [2.75, 3.05) is 4.90 Å². The molecule has 0 saturated heterocycles. The Balaban J connectivity index is 1.89. The molecule has 2 aromatic carbocycles. The first kappa shape index (κ1) is 17.1. The van der Waals surface area contributed by atoms with Gasteiger partial charge < -0.3 is 4.90 Å². The molecule has 0 heterocycles. The van der Waals surface area contributed by atoms with Crippen LogP contribution in [0.4, 0.5) is 11.4 Å². The van der Waals surface area contributed by atoms with E-state index in [2.05, 4.69) is 81.1 Å². The number of anilines is 2. The van der Waals surface area contributed by atoms with Gasteiger partial charge in [-0.05, 0) is 76.3 Å². The standard InChI is InChI=1S/C23H31N/c1-18-10-14-21(15-11-18)24(23(2,3)4)22-16-12-20(13-17-22)19-8-6-5-7-9-19/h10-17,19H,5-9H2,1-4H3. The van der Waals surface area contributed by atoms with Crippen LogP contribution in [0.2, 0.25) is 0 Å². The summed E-state index contributed by atoms with van der Waals surface area (Å²) in [5.41, 5.74) is 5.42. The molecular weight excluding hydrogens is 290 g/mol. The Morgan fingerprint density at radius 1 is 0.750 bits per heavy atom. The highest BCUT2D eigenvalue weighted by atomic mass is 15.2. The molecule has 0 N–H and O–H groups in total. The Morgan fingerprint density at radius 3 is 1.75 bits per heavy atom. The van der Waals surface area contributed by atoms with Crippen LogP contribution >= 0.6 is 0 Å². The zero-order valence-electron chi connectivity index (χ0n) is 15.7. The van der Waals surface area contributed by atoms with Crippen molar-refractivity contribution >= 4 is 11.4 Å². The zero-order chi connectivity index (χ0) is 17.2. The fourth-order valence-corrected chi connectivity index (χ4v) is 3.95. The second-order valence-corrected chi connectivity index (χ2v) is 8.27. The first-order valence-corrected chi connectivity index (χ1v) is 9.42. The Kier molecular flexibility index (Phi) is 4.99. The predicted octanol–water partition coefficient (Wildman–Crippen LogP) is 6.98. The molecule has 3 rings (SSSR count). The van der Waals surface area contributed by atoms with Crippen LogP contribution in [0.5, 0.6) is 0 Å². The molecule has 0 aliphatic heterocycles. The van der Waals surface area contributed by atoms with Gasteiger partial charge in [0.05, 0.1) is 0 Å². The Morgan fingerprint density at radius 2 is 1.25 bits per heavy atom. The van der Waals surface area contributed by atoms with E-state index in [9.17, 15) is 0 Å². The molecule has 0 radical (unpaired) electrons. The van der Waals surface area contributed by atoms with Crippen molar-refractivity contribution in [3.8, 4) is 0 Å². The second-order valence-electron chi connectivity index (χ2n) is 8.27. The van der Waals surface area contributed by atoms with Crippen LogP contribution in [0.25, 0.3) is 0 Å². The van der Waals surface area contributed by atoms with Gasteiger partial charge in [0.2, 0.25) is 0 Å². The number of hydrogen-bond acceptors (Lipinski definition) is 1. The van der Waals surface area contributed by atoms with Crippen LogP contribution in [0.1, 0.15) is 69.9 Å². The highest BCUT2D eigenvalue weighted by Gasteiger charge is 2.24. The summed E-state index contributed by atoms with van der Waals surface area (Å²) < 4.78 is 0. The zero-order valence-corrected chi connectivity index (χ0v) is 15.7. The molecule has 0 bridgehead atoms. The number of benzene rings is 2. The minimum Gasteiger partial charge on any atom is -0.336 e. The summed E-state index contributed by atoms with van der Waals surface area (Å²) in [6.45, 7) is 8.98. The number of rotatable bonds is 3. The van der Waals surface area contributed by atoms with Crippen LogP contribution in [0.3, 0.4) is 0 Å². The molecule has 1 fully saturated rings. The molecule has 0 unspecified atom stereocenters. The van der Waals surface area contributed by atoms with Crippen molar-refractivity contribution < 1.29 is 0 Å². The highest BCUT2D eigenvalue weighted by Crippen LogP contribution is 2.36. The van der Waals surface area contributed by atoms with Crippen molar-refractivity contribution in [2.24, 2.45) is 0 Å². The van der Waals surface area contributed by atoms with Gasteiger partial charge in [0, 0.05) is 16.9 Å². The number of nitrogens with zero attached hydrogens (tertiary/aromatic N) is 1. The average molecular weight is 322 g/mol. The van der Waals surface area contributed by atoms with Crippen LogP contribution in [0, 0.1) is 6.92 Å². The Hall–Kier alpha value is -1.76. The summed E-state index contributed by atoms with van der Waals surface area (Å²) in [5, 5.41) is 0. The van der Waals surface area contributed by atoms with E-state index < -0.39 is 0 Å². The molecule has 1 saturated carbocycles. The van der Waals surface area contributed by atoms with Gasteiger partial charge >= 0.3 is 0 Å². The molecule has 2 aromatic rings. The molecule has 0 aromatic heterocycles. The summed E-state index contributed by atoms with van der Waals surface area (Å²) in [6.07, 6.45) is 6.92. The number of aryl methyl sites for hydroxylation is 1. The molecule has 0 spiro atoms. The third kappa shape index (κ3) is 3.83. The monoisotopic (exact) mass is 321 g/mol. The van der Waals surface area contributed by atoms with E-state index in [1.165, 1.54) is 54.6 Å². The summed E-state index contributed by atoms with van der Waals surface area (Å²) >= 11 is 0. The molecule has 1 aliphatic carbocycles. The third-order valence-corrected chi connectivity index (χ3v) is 5.19. The molecule has 0 atom stereocenters. The lowest BCUT2D eigenvalue weighted by molar-refractivity contribution is 0.443. The lowest BCUT2D eigenvalue weighted by Crippen LogP contribution is -2.37. The smallest absolute Gasteiger partial charge is 0.0416 e. The van der Waals surface area contributed by atoms with Crippen LogP contribution < -0.4 is 4.90 Å². The fourth-order valence-electron chi connectivity index (χ4n) is 3.95. The second kappa shape index (κ2) is 7.01. The van der Waals surface area contributed by atoms with Gasteiger partial charge in [0.1, 0.15) is 0 Å². The maximum atomic E-state index is 2.44. The lowest BCUT2D eigenvalue weighted by atomic mass is 9.84. The van der Waals surface area contributed by atoms with Crippen LogP contribution in [-0.2, 0) is 0 Å². The summed E-state index contributed by atoms with van der Waals surface area (Å²) in [6, 6.07) is 18.2. The predicted molar refractivity (Wildman–Crippen MR) is 105 cm³/mol. The topological polar surface area (TPSA) is 3.24 Å². The van der Waals surface area contributed by atoms with Gasteiger partial charge in [-0.1, -0.05) is 49.1 Å². The van der Waals surface area contributed by atoms with E-state index in [4.69, 9.17) is 0 Å². The van der Waals surface area contributed by atoms with Crippen molar-refractivity contribution in [2.45, 2.75) is 71.3 Å². The average Bonchev–Trinajstić information content (AvgIpc) is 2.57. The molecule has 1 heteroatoms. The highest BCUT2D eigenvalue weighted by molar-refractivity contribution is 5.66. The maximum Gasteiger partial charge on any atom is 0.0416 e. The van der Waals surface area contributed by atoms with Gasteiger partial charge in [-0.15, -0.1) is 0 Å². The number of hydrogen-bond donors (Lipinski definition) is 0. The van der Waals surface area contributed by atoms with Crippen molar-refractivity contribution in [1.29, 1.82) is 0 Å². The SMILES string of the molecule is Cc1ccc(N(c2ccc(C3CCCCC3)cc2)C(C)(C)C)cc1. The third-order valence-electron chi connectivity index (χ3n) is 5.19. The van der Waals surface area contributed by atoms with E-state index in [0.717, 1.165) is 5.92 Å². The van der Waals surface area contributed by atoms with Gasteiger partial charge in [0.25, 0.3) is 0 Å². The summed E-state index contributed by atoms with van der Waals surface area (Å²) in [5.74, 6) is 0.773. The van der Waals surface area contributed by atoms with Gasteiger partial charge in [-0.3, -0.25) is 0 Å². The first-order chi connectivity index (χ1) is 11.4. The van der Waals surface area contributed by atoms with Crippen molar-refractivity contribution in [1.82, 2.24) is 0 Å². The van der Waals surface area contributed by atoms with Crippen LogP contribution in [-0.4, -0.2) is 5.54 Å². The van der Waals surface area contributed by atoms with E-state index in [1.54, 1.807) is 0 Å². The Labute approximate surface area is 147 Å². The minimum atomic E-state index is 0.0433. The van der Waals surface area contributed by atoms with E-state index >= 15 is 0 Å². The Bertz CT molecular complexity index is 640. The maximum absolute atomic E-state index is 2.44. The largest absolute Gasteiger partial charge is 0.336 e. The summed E-state index contributed by atoms with van der Waals surface area (Å²) in [7, 11) is 0. The normalized spacial score (nSPS) is 16.2. The summed E-state index contributed by atoms with van der Waals surface area (Å²) in [4.78, 5) is 2.44. The molecular formula is C23H31N. The molecule has 24 heavy (non-hydrogen) atoms. The van der Waals surface area contributed by atoms with Crippen molar-refractivity contribution in [3.63, 3.8) is 0 Å². The molecule has 1 aliphatic rings. The van der Waals surface area contributed by atoms with E-state index in [-0.39, 0.29) is 5.54 Å². The van der Waals surface area contributed by atoms with Gasteiger partial charge in [-0.25, -0.2) is 0 Å². The van der Waals surface area contributed by atoms with Gasteiger partial charge in [0.15, 0.2) is 0 Å². The first-order valence-electron chi connectivity index (χ1n) is 9.42. The lowest BCUT2D eigenvalue weighted by Gasteiger charge is -2.38. The van der Waals surface area contributed by atoms with E-state index in [1.807, 2.05) is 0 Å². The minimum absolute atomic E-state index is 0.0433. The van der Waals surface area contributed by atoms with Crippen molar-refractivity contribution in [3.05, 3.63) is 59.7 Å². The van der Waals surface area contributed by atoms with Crippen LogP contribution in [0.15, 0.2) is 48.5 Å². The fraction of sp³-hybridized carbons (Fsp3) is 0.478.